The topological polar surface area (TPSA) is 82.3 Å². The van der Waals surface area contributed by atoms with E-state index < -0.39 is 0 Å². The van der Waals surface area contributed by atoms with Crippen molar-refractivity contribution in [3.05, 3.63) is 58.6 Å². The molecule has 2 aromatic rings. The molecule has 2 aromatic carbocycles. The van der Waals surface area contributed by atoms with Crippen molar-refractivity contribution in [2.45, 2.75) is 46.1 Å². The maximum absolute atomic E-state index is 12.5. The van der Waals surface area contributed by atoms with Crippen LogP contribution >= 0.6 is 23.2 Å². The van der Waals surface area contributed by atoms with E-state index in [9.17, 15) is 9.59 Å². The van der Waals surface area contributed by atoms with E-state index in [1.54, 1.807) is 48.5 Å². The number of hydrogen-bond donors (Lipinski definition) is 4. The molecular weight excluding hydrogens is 447 g/mol. The Balaban J connectivity index is 1.55. The Morgan fingerprint density at radius 1 is 0.844 bits per heavy atom. The second-order valence-electron chi connectivity index (χ2n) is 9.68. The average molecular weight is 477 g/mol. The first kappa shape index (κ1) is 24.2. The Morgan fingerprint density at radius 2 is 1.34 bits per heavy atom. The molecule has 2 unspecified atom stereocenters. The van der Waals surface area contributed by atoms with Gasteiger partial charge in [-0.3, -0.25) is 0 Å². The molecule has 172 valence electrons. The van der Waals surface area contributed by atoms with Gasteiger partial charge >= 0.3 is 12.1 Å². The number of carbonyl (C=O) groups excluding carboxylic acids is 2. The van der Waals surface area contributed by atoms with Crippen LogP contribution in [-0.2, 0) is 0 Å². The highest BCUT2D eigenvalue weighted by Crippen LogP contribution is 2.45. The Bertz CT molecular complexity index is 947. The van der Waals surface area contributed by atoms with Crippen LogP contribution in [0, 0.1) is 10.8 Å². The largest absolute Gasteiger partial charge is 0.337 e. The molecule has 0 heterocycles. The van der Waals surface area contributed by atoms with Crippen LogP contribution in [0.25, 0.3) is 0 Å². The van der Waals surface area contributed by atoms with Crippen LogP contribution in [0.2, 0.25) is 10.0 Å². The molecule has 0 saturated heterocycles. The summed E-state index contributed by atoms with van der Waals surface area (Å²) in [6.45, 7) is 7.06. The summed E-state index contributed by atoms with van der Waals surface area (Å²) in [7, 11) is 0. The number of hydrogen-bond acceptors (Lipinski definition) is 2. The molecule has 1 fully saturated rings. The van der Waals surface area contributed by atoms with Crippen LogP contribution in [0.15, 0.2) is 48.5 Å². The molecule has 0 spiro atoms. The third kappa shape index (κ3) is 7.31. The molecule has 1 aliphatic rings. The van der Waals surface area contributed by atoms with Gasteiger partial charge in [-0.05, 0) is 78.6 Å². The summed E-state index contributed by atoms with van der Waals surface area (Å²) in [5.74, 6) is 0. The lowest BCUT2D eigenvalue weighted by Crippen LogP contribution is -2.51. The highest BCUT2D eigenvalue weighted by Gasteiger charge is 2.41. The van der Waals surface area contributed by atoms with Crippen LogP contribution in [0.1, 0.15) is 40.0 Å². The fraction of sp³-hybridized carbons (Fsp3) is 0.417. The number of anilines is 2. The van der Waals surface area contributed by atoms with Crippen LogP contribution in [-0.4, -0.2) is 24.6 Å². The summed E-state index contributed by atoms with van der Waals surface area (Å²) >= 11 is 11.8. The SMILES string of the molecule is CC1(C)CC(NC(=O)Nc2ccc(Cl)cc2)CC(C)(CNC(=O)Nc2ccc(Cl)cc2)C1. The molecule has 32 heavy (non-hydrogen) atoms. The summed E-state index contributed by atoms with van der Waals surface area (Å²) in [6.07, 6.45) is 2.58. The molecule has 4 amide bonds. The minimum absolute atomic E-state index is 0.00261. The zero-order chi connectivity index (χ0) is 23.4. The molecule has 3 rings (SSSR count). The number of amides is 4. The van der Waals surface area contributed by atoms with E-state index >= 15 is 0 Å². The van der Waals surface area contributed by atoms with E-state index in [4.69, 9.17) is 23.2 Å². The quantitative estimate of drug-likeness (QED) is 0.395. The molecule has 2 atom stereocenters. The van der Waals surface area contributed by atoms with Gasteiger partial charge in [0, 0.05) is 34.0 Å². The lowest BCUT2D eigenvalue weighted by molar-refractivity contribution is 0.0761. The molecule has 0 aromatic heterocycles. The lowest BCUT2D eigenvalue weighted by atomic mass is 9.62. The third-order valence-electron chi connectivity index (χ3n) is 5.66. The summed E-state index contributed by atoms with van der Waals surface area (Å²) in [4.78, 5) is 24.9. The Morgan fingerprint density at radius 3 is 1.88 bits per heavy atom. The van der Waals surface area contributed by atoms with Crippen molar-refractivity contribution in [3.8, 4) is 0 Å². The summed E-state index contributed by atoms with van der Waals surface area (Å²) < 4.78 is 0. The van der Waals surface area contributed by atoms with Crippen LogP contribution in [0.4, 0.5) is 21.0 Å². The van der Waals surface area contributed by atoms with Crippen molar-refractivity contribution >= 4 is 46.6 Å². The third-order valence-corrected chi connectivity index (χ3v) is 6.16. The van der Waals surface area contributed by atoms with Gasteiger partial charge in [-0.15, -0.1) is 0 Å². The van der Waals surface area contributed by atoms with Crippen LogP contribution in [0.3, 0.4) is 0 Å². The summed E-state index contributed by atoms with van der Waals surface area (Å²) in [5, 5.41) is 13.0. The summed E-state index contributed by atoms with van der Waals surface area (Å²) in [6, 6.07) is 13.5. The van der Waals surface area contributed by atoms with Gasteiger partial charge in [-0.25, -0.2) is 9.59 Å². The van der Waals surface area contributed by atoms with Gasteiger partial charge in [0.25, 0.3) is 0 Å². The molecule has 1 aliphatic carbocycles. The van der Waals surface area contributed by atoms with Gasteiger partial charge in [0.1, 0.15) is 0 Å². The lowest BCUT2D eigenvalue weighted by Gasteiger charge is -2.46. The van der Waals surface area contributed by atoms with Gasteiger partial charge in [-0.1, -0.05) is 44.0 Å². The maximum Gasteiger partial charge on any atom is 0.319 e. The monoisotopic (exact) mass is 476 g/mol. The fourth-order valence-electron chi connectivity index (χ4n) is 4.76. The van der Waals surface area contributed by atoms with E-state index in [1.807, 2.05) is 0 Å². The van der Waals surface area contributed by atoms with Crippen molar-refractivity contribution in [2.24, 2.45) is 10.8 Å². The van der Waals surface area contributed by atoms with Crippen molar-refractivity contribution in [2.75, 3.05) is 17.2 Å². The van der Waals surface area contributed by atoms with E-state index in [-0.39, 0.29) is 28.9 Å². The molecule has 0 radical (unpaired) electrons. The van der Waals surface area contributed by atoms with Crippen molar-refractivity contribution in [3.63, 3.8) is 0 Å². The predicted molar refractivity (Wildman–Crippen MR) is 132 cm³/mol. The molecule has 6 nitrogen and oxygen atoms in total. The predicted octanol–water partition coefficient (Wildman–Crippen LogP) is 6.52. The van der Waals surface area contributed by atoms with Gasteiger partial charge in [0.2, 0.25) is 0 Å². The zero-order valence-corrected chi connectivity index (χ0v) is 20.1. The first-order chi connectivity index (χ1) is 15.0. The Labute approximate surface area is 199 Å². The first-order valence-electron chi connectivity index (χ1n) is 10.7. The highest BCUT2D eigenvalue weighted by molar-refractivity contribution is 6.30. The fourth-order valence-corrected chi connectivity index (χ4v) is 5.01. The smallest absolute Gasteiger partial charge is 0.319 e. The normalized spacial score (nSPS) is 22.0. The van der Waals surface area contributed by atoms with E-state index in [0.717, 1.165) is 19.3 Å². The minimum atomic E-state index is -0.262. The second-order valence-corrected chi connectivity index (χ2v) is 10.5. The van der Waals surface area contributed by atoms with Crippen LogP contribution < -0.4 is 21.3 Å². The van der Waals surface area contributed by atoms with E-state index in [0.29, 0.717) is 28.0 Å². The molecule has 1 saturated carbocycles. The maximum atomic E-state index is 12.5. The number of nitrogens with one attached hydrogen (secondary N) is 4. The van der Waals surface area contributed by atoms with Crippen LogP contribution in [0.5, 0.6) is 0 Å². The Hall–Kier alpha value is -2.44. The van der Waals surface area contributed by atoms with Crippen molar-refractivity contribution < 1.29 is 9.59 Å². The second kappa shape index (κ2) is 10.0. The van der Waals surface area contributed by atoms with E-state index in [2.05, 4.69) is 42.0 Å². The molecule has 4 N–H and O–H groups in total. The minimum Gasteiger partial charge on any atom is -0.337 e. The van der Waals surface area contributed by atoms with Gasteiger partial charge < -0.3 is 21.3 Å². The molecule has 0 aliphatic heterocycles. The standard InChI is InChI=1S/C24H30Cl2N4O2/c1-23(2)12-20(30-22(32)29-19-10-6-17(26)7-11-19)13-24(3,14-23)15-27-21(31)28-18-8-4-16(25)5-9-18/h4-11,20H,12-15H2,1-3H3,(H2,27,28,31)(H2,29,30,32). The van der Waals surface area contributed by atoms with E-state index in [1.165, 1.54) is 0 Å². The zero-order valence-electron chi connectivity index (χ0n) is 18.6. The Kier molecular flexibility index (Phi) is 7.57. The number of rotatable bonds is 5. The molecule has 8 heteroatoms. The van der Waals surface area contributed by atoms with Gasteiger partial charge in [0.05, 0.1) is 0 Å². The van der Waals surface area contributed by atoms with Gasteiger partial charge in [0.15, 0.2) is 0 Å². The van der Waals surface area contributed by atoms with Crippen molar-refractivity contribution in [1.82, 2.24) is 10.6 Å². The average Bonchev–Trinajstić information content (AvgIpc) is 2.68. The van der Waals surface area contributed by atoms with Crippen molar-refractivity contribution in [1.29, 1.82) is 0 Å². The van der Waals surface area contributed by atoms with Gasteiger partial charge in [-0.2, -0.15) is 0 Å². The highest BCUT2D eigenvalue weighted by atomic mass is 35.5. The summed E-state index contributed by atoms with van der Waals surface area (Å²) in [5.41, 5.74) is 1.24. The molecular formula is C24H30Cl2N4O2. The molecule has 0 bridgehead atoms. The first-order valence-corrected chi connectivity index (χ1v) is 11.4. The number of carbonyl (C=O) groups is 2. The number of benzene rings is 2. The number of urea groups is 2. The number of halogens is 2.